The second-order valence-corrected chi connectivity index (χ2v) is 4.59. The van der Waals surface area contributed by atoms with E-state index in [1.165, 1.54) is 0 Å². The first kappa shape index (κ1) is 10.5. The Morgan fingerprint density at radius 2 is 2.13 bits per heavy atom. The molecule has 4 heteroatoms. The monoisotopic (exact) mass is 211 g/mol. The SMILES string of the molecule is CCC1CCCN1C(=O)C1(C(=O)O)CC1. The van der Waals surface area contributed by atoms with Gasteiger partial charge < -0.3 is 10.0 Å². The maximum absolute atomic E-state index is 12.1. The molecule has 2 aliphatic rings. The van der Waals surface area contributed by atoms with Crippen molar-refractivity contribution < 1.29 is 14.7 Å². The maximum Gasteiger partial charge on any atom is 0.319 e. The molecule has 4 nitrogen and oxygen atoms in total. The molecule has 0 aromatic rings. The molecule has 2 fully saturated rings. The number of likely N-dealkylation sites (tertiary alicyclic amines) is 1. The second kappa shape index (κ2) is 3.51. The first-order valence-electron chi connectivity index (χ1n) is 5.66. The Labute approximate surface area is 89.3 Å². The minimum Gasteiger partial charge on any atom is -0.480 e. The van der Waals surface area contributed by atoms with Crippen molar-refractivity contribution in [1.82, 2.24) is 4.90 Å². The Morgan fingerprint density at radius 1 is 1.47 bits per heavy atom. The smallest absolute Gasteiger partial charge is 0.319 e. The second-order valence-electron chi connectivity index (χ2n) is 4.59. The van der Waals surface area contributed by atoms with Gasteiger partial charge in [-0.05, 0) is 32.1 Å². The largest absolute Gasteiger partial charge is 0.480 e. The first-order valence-corrected chi connectivity index (χ1v) is 5.66. The Kier molecular flexibility index (Phi) is 2.44. The van der Waals surface area contributed by atoms with Crippen LogP contribution in [0.1, 0.15) is 39.0 Å². The van der Waals surface area contributed by atoms with Crippen LogP contribution in [0.25, 0.3) is 0 Å². The fraction of sp³-hybridized carbons (Fsp3) is 0.818. The number of amides is 1. The third kappa shape index (κ3) is 1.52. The molecule has 1 amide bonds. The zero-order chi connectivity index (χ0) is 11.1. The summed E-state index contributed by atoms with van der Waals surface area (Å²) in [4.78, 5) is 24.9. The van der Waals surface area contributed by atoms with Gasteiger partial charge in [0.1, 0.15) is 5.41 Å². The predicted octanol–water partition coefficient (Wildman–Crippen LogP) is 1.25. The summed E-state index contributed by atoms with van der Waals surface area (Å²) in [6.07, 6.45) is 4.02. The van der Waals surface area contributed by atoms with Gasteiger partial charge in [0, 0.05) is 12.6 Å². The highest BCUT2D eigenvalue weighted by atomic mass is 16.4. The molecule has 0 radical (unpaired) electrons. The molecular weight excluding hydrogens is 194 g/mol. The highest BCUT2D eigenvalue weighted by Crippen LogP contribution is 2.48. The average Bonchev–Trinajstić information content (AvgIpc) is 2.89. The van der Waals surface area contributed by atoms with Crippen molar-refractivity contribution in [3.63, 3.8) is 0 Å². The van der Waals surface area contributed by atoms with Crippen LogP contribution >= 0.6 is 0 Å². The summed E-state index contributed by atoms with van der Waals surface area (Å²) in [5.41, 5.74) is -1.04. The number of carboxylic acid groups (broad SMARTS) is 1. The zero-order valence-electron chi connectivity index (χ0n) is 9.03. The summed E-state index contributed by atoms with van der Waals surface area (Å²) < 4.78 is 0. The Balaban J connectivity index is 2.11. The van der Waals surface area contributed by atoms with Crippen molar-refractivity contribution in [2.45, 2.75) is 45.1 Å². The van der Waals surface area contributed by atoms with Crippen LogP contribution in [-0.4, -0.2) is 34.5 Å². The fourth-order valence-corrected chi connectivity index (χ4v) is 2.45. The van der Waals surface area contributed by atoms with Crippen LogP contribution in [0.2, 0.25) is 0 Å². The lowest BCUT2D eigenvalue weighted by Crippen LogP contribution is -2.43. The van der Waals surface area contributed by atoms with Crippen molar-refractivity contribution in [2.24, 2.45) is 5.41 Å². The van der Waals surface area contributed by atoms with Crippen molar-refractivity contribution in [1.29, 1.82) is 0 Å². The van der Waals surface area contributed by atoms with E-state index >= 15 is 0 Å². The summed E-state index contributed by atoms with van der Waals surface area (Å²) in [7, 11) is 0. The van der Waals surface area contributed by atoms with E-state index in [1.54, 1.807) is 4.90 Å². The van der Waals surface area contributed by atoms with Crippen molar-refractivity contribution in [3.05, 3.63) is 0 Å². The highest BCUT2D eigenvalue weighted by Gasteiger charge is 2.59. The van der Waals surface area contributed by atoms with Crippen LogP contribution in [0.5, 0.6) is 0 Å². The summed E-state index contributed by atoms with van der Waals surface area (Å²) in [5.74, 6) is -1.08. The van der Waals surface area contributed by atoms with Crippen LogP contribution in [0.4, 0.5) is 0 Å². The molecule has 2 rings (SSSR count). The summed E-state index contributed by atoms with van der Waals surface area (Å²) in [5, 5.41) is 9.05. The Morgan fingerprint density at radius 3 is 2.60 bits per heavy atom. The van der Waals surface area contributed by atoms with Crippen molar-refractivity contribution in [2.75, 3.05) is 6.54 Å². The Hall–Kier alpha value is -1.06. The molecule has 84 valence electrons. The molecule has 0 aromatic heterocycles. The van der Waals surface area contributed by atoms with Crippen LogP contribution in [0.3, 0.4) is 0 Å². The number of nitrogens with zero attached hydrogens (tertiary/aromatic N) is 1. The quantitative estimate of drug-likeness (QED) is 0.715. The van der Waals surface area contributed by atoms with Gasteiger partial charge in [-0.2, -0.15) is 0 Å². The van der Waals surface area contributed by atoms with Gasteiger partial charge in [-0.15, -0.1) is 0 Å². The standard InChI is InChI=1S/C11H17NO3/c1-2-8-4-3-7-12(8)9(13)11(5-6-11)10(14)15/h8H,2-7H2,1H3,(H,14,15). The van der Waals surface area contributed by atoms with Gasteiger partial charge in [-0.3, -0.25) is 9.59 Å². The molecule has 1 heterocycles. The lowest BCUT2D eigenvalue weighted by atomic mass is 10.0. The van der Waals surface area contributed by atoms with Crippen LogP contribution in [0.15, 0.2) is 0 Å². The number of hydrogen-bond acceptors (Lipinski definition) is 2. The van der Waals surface area contributed by atoms with E-state index < -0.39 is 11.4 Å². The normalized spacial score (nSPS) is 27.8. The molecule has 0 spiro atoms. The van der Waals surface area contributed by atoms with Crippen LogP contribution in [-0.2, 0) is 9.59 Å². The molecule has 0 bridgehead atoms. The molecule has 1 saturated carbocycles. The van der Waals surface area contributed by atoms with Crippen molar-refractivity contribution >= 4 is 11.9 Å². The van der Waals surface area contributed by atoms with E-state index in [2.05, 4.69) is 6.92 Å². The number of carbonyl (C=O) groups excluding carboxylic acids is 1. The van der Waals surface area contributed by atoms with Gasteiger partial charge in [0.25, 0.3) is 0 Å². The van der Waals surface area contributed by atoms with E-state index in [-0.39, 0.29) is 11.9 Å². The summed E-state index contributed by atoms with van der Waals surface area (Å²) in [6, 6.07) is 0.273. The first-order chi connectivity index (χ1) is 7.12. The highest BCUT2D eigenvalue weighted by molar-refractivity contribution is 6.05. The van der Waals surface area contributed by atoms with Gasteiger partial charge in [0.15, 0.2) is 0 Å². The van der Waals surface area contributed by atoms with Gasteiger partial charge in [0.2, 0.25) is 5.91 Å². The van der Waals surface area contributed by atoms with E-state index in [9.17, 15) is 9.59 Å². The lowest BCUT2D eigenvalue weighted by Gasteiger charge is -2.26. The van der Waals surface area contributed by atoms with E-state index in [4.69, 9.17) is 5.11 Å². The maximum atomic E-state index is 12.1. The van der Waals surface area contributed by atoms with E-state index in [1.807, 2.05) is 0 Å². The molecule has 1 aliphatic heterocycles. The fourth-order valence-electron chi connectivity index (χ4n) is 2.45. The molecule has 1 unspecified atom stereocenters. The topological polar surface area (TPSA) is 57.6 Å². The molecule has 1 N–H and O–H groups in total. The number of carbonyl (C=O) groups is 2. The molecule has 0 aromatic carbocycles. The van der Waals surface area contributed by atoms with E-state index in [0.717, 1.165) is 25.8 Å². The molecule has 15 heavy (non-hydrogen) atoms. The minimum atomic E-state index is -1.04. The van der Waals surface area contributed by atoms with Gasteiger partial charge >= 0.3 is 5.97 Å². The molecule has 1 atom stereocenters. The van der Waals surface area contributed by atoms with E-state index in [0.29, 0.717) is 12.8 Å². The van der Waals surface area contributed by atoms with Gasteiger partial charge in [-0.1, -0.05) is 6.92 Å². The molecule has 1 aliphatic carbocycles. The van der Waals surface area contributed by atoms with Gasteiger partial charge in [-0.25, -0.2) is 0 Å². The number of rotatable bonds is 3. The molecule has 1 saturated heterocycles. The minimum absolute atomic E-state index is 0.139. The van der Waals surface area contributed by atoms with Crippen molar-refractivity contribution in [3.8, 4) is 0 Å². The number of aliphatic carboxylic acids is 1. The number of hydrogen-bond donors (Lipinski definition) is 1. The number of carboxylic acids is 1. The average molecular weight is 211 g/mol. The lowest BCUT2D eigenvalue weighted by molar-refractivity contribution is -0.153. The predicted molar refractivity (Wildman–Crippen MR) is 54.3 cm³/mol. The van der Waals surface area contributed by atoms with Gasteiger partial charge in [0.05, 0.1) is 0 Å². The van der Waals surface area contributed by atoms with Crippen LogP contribution in [0, 0.1) is 5.41 Å². The third-order valence-electron chi connectivity index (χ3n) is 3.68. The zero-order valence-corrected chi connectivity index (χ0v) is 9.03. The van der Waals surface area contributed by atoms with Crippen LogP contribution < -0.4 is 0 Å². The summed E-state index contributed by atoms with van der Waals surface area (Å²) in [6.45, 7) is 2.79. The third-order valence-corrected chi connectivity index (χ3v) is 3.68. The molecular formula is C11H17NO3. The Bertz CT molecular complexity index is 296. The summed E-state index contributed by atoms with van der Waals surface area (Å²) >= 11 is 0.